The van der Waals surface area contributed by atoms with Crippen molar-refractivity contribution in [1.29, 1.82) is 0 Å². The van der Waals surface area contributed by atoms with Gasteiger partial charge in [0.2, 0.25) is 5.95 Å². The van der Waals surface area contributed by atoms with Gasteiger partial charge in [0.1, 0.15) is 11.4 Å². The topological polar surface area (TPSA) is 89.0 Å². The van der Waals surface area contributed by atoms with Crippen LogP contribution in [0.15, 0.2) is 35.7 Å². The molecule has 0 unspecified atom stereocenters. The third kappa shape index (κ3) is 4.34. The Morgan fingerprint density at radius 2 is 1.88 bits per heavy atom. The lowest BCUT2D eigenvalue weighted by atomic mass is 10.3. The van der Waals surface area contributed by atoms with E-state index in [4.69, 9.17) is 4.74 Å². The Kier molecular flexibility index (Phi) is 5.43. The molecule has 0 bridgehead atoms. The van der Waals surface area contributed by atoms with Crippen molar-refractivity contribution in [2.45, 2.75) is 20.8 Å². The first-order chi connectivity index (χ1) is 12.5. The van der Waals surface area contributed by atoms with Crippen LogP contribution in [0.25, 0.3) is 0 Å². The van der Waals surface area contributed by atoms with Gasteiger partial charge in [0, 0.05) is 16.8 Å². The van der Waals surface area contributed by atoms with Gasteiger partial charge in [0.15, 0.2) is 5.13 Å². The number of aryl methyl sites for hydroxylation is 2. The van der Waals surface area contributed by atoms with E-state index in [0.29, 0.717) is 34.8 Å². The van der Waals surface area contributed by atoms with Crippen LogP contribution in [-0.2, 0) is 0 Å². The zero-order valence-electron chi connectivity index (χ0n) is 14.7. The molecular weight excluding hydrogens is 350 g/mol. The maximum absolute atomic E-state index is 12.5. The molecule has 0 saturated heterocycles. The zero-order valence-corrected chi connectivity index (χ0v) is 15.6. The fourth-order valence-electron chi connectivity index (χ4n) is 2.35. The van der Waals surface area contributed by atoms with E-state index in [0.717, 1.165) is 11.4 Å². The third-order valence-electron chi connectivity index (χ3n) is 3.37. The Morgan fingerprint density at radius 1 is 1.15 bits per heavy atom. The van der Waals surface area contributed by atoms with E-state index in [1.54, 1.807) is 11.4 Å². The van der Waals surface area contributed by atoms with Crippen LogP contribution in [0, 0.1) is 13.8 Å². The molecule has 134 valence electrons. The summed E-state index contributed by atoms with van der Waals surface area (Å²) in [6, 6.07) is 9.18. The molecule has 0 aliphatic rings. The number of carbonyl (C=O) groups excluding carboxylic acids is 1. The van der Waals surface area contributed by atoms with Crippen LogP contribution >= 0.6 is 11.3 Å². The molecule has 3 aromatic rings. The van der Waals surface area contributed by atoms with Crippen molar-refractivity contribution < 1.29 is 9.53 Å². The maximum atomic E-state index is 12.5. The number of nitrogens with zero attached hydrogens (tertiary/aromatic N) is 3. The second-order valence-corrected chi connectivity index (χ2v) is 6.38. The number of thiazole rings is 1. The van der Waals surface area contributed by atoms with Crippen LogP contribution in [0.1, 0.15) is 28.8 Å². The second-order valence-electron chi connectivity index (χ2n) is 5.52. The molecule has 1 amide bonds. The van der Waals surface area contributed by atoms with Crippen LogP contribution in [-0.4, -0.2) is 27.5 Å². The summed E-state index contributed by atoms with van der Waals surface area (Å²) in [5, 5.41) is 8.10. The van der Waals surface area contributed by atoms with Gasteiger partial charge in [0.05, 0.1) is 12.3 Å². The van der Waals surface area contributed by atoms with Gasteiger partial charge in [-0.25, -0.2) is 15.0 Å². The number of hydrogen-bond acceptors (Lipinski definition) is 7. The molecule has 2 aromatic heterocycles. The molecule has 0 radical (unpaired) electrons. The van der Waals surface area contributed by atoms with Gasteiger partial charge in [-0.05, 0) is 39.0 Å². The maximum Gasteiger partial charge on any atom is 0.275 e. The minimum atomic E-state index is -0.303. The van der Waals surface area contributed by atoms with E-state index in [1.165, 1.54) is 11.3 Å². The number of carbonyl (C=O) groups is 1. The third-order valence-corrected chi connectivity index (χ3v) is 4.13. The van der Waals surface area contributed by atoms with Crippen molar-refractivity contribution in [3.05, 3.63) is 52.8 Å². The first-order valence-electron chi connectivity index (χ1n) is 8.13. The van der Waals surface area contributed by atoms with Gasteiger partial charge < -0.3 is 15.4 Å². The fourth-order valence-corrected chi connectivity index (χ4v) is 3.03. The van der Waals surface area contributed by atoms with Gasteiger partial charge in [-0.15, -0.1) is 11.3 Å². The number of ether oxygens (including phenoxy) is 1. The van der Waals surface area contributed by atoms with Crippen LogP contribution in [0.5, 0.6) is 5.75 Å². The van der Waals surface area contributed by atoms with Crippen LogP contribution in [0.2, 0.25) is 0 Å². The summed E-state index contributed by atoms with van der Waals surface area (Å²) in [5.41, 5.74) is 2.65. The van der Waals surface area contributed by atoms with Gasteiger partial charge in [0.25, 0.3) is 5.91 Å². The molecule has 0 aliphatic heterocycles. The first-order valence-corrected chi connectivity index (χ1v) is 9.01. The van der Waals surface area contributed by atoms with Gasteiger partial charge in [-0.2, -0.15) is 0 Å². The van der Waals surface area contributed by atoms with Crippen LogP contribution in [0.3, 0.4) is 0 Å². The number of amides is 1. The highest BCUT2D eigenvalue weighted by atomic mass is 32.1. The number of rotatable bonds is 6. The van der Waals surface area contributed by atoms with Crippen molar-refractivity contribution in [1.82, 2.24) is 15.0 Å². The molecular formula is C18H19N5O2S. The highest BCUT2D eigenvalue weighted by Crippen LogP contribution is 2.25. The van der Waals surface area contributed by atoms with E-state index in [1.807, 2.05) is 45.0 Å². The quantitative estimate of drug-likeness (QED) is 0.684. The molecule has 1 aromatic carbocycles. The van der Waals surface area contributed by atoms with Crippen molar-refractivity contribution in [2.75, 3.05) is 17.2 Å². The molecule has 0 fully saturated rings. The summed E-state index contributed by atoms with van der Waals surface area (Å²) in [5.74, 6) is 0.786. The molecule has 8 heteroatoms. The molecule has 2 N–H and O–H groups in total. The summed E-state index contributed by atoms with van der Waals surface area (Å²) < 4.78 is 5.52. The predicted octanol–water partition coefficient (Wildman–Crippen LogP) is 3.94. The van der Waals surface area contributed by atoms with E-state index in [-0.39, 0.29) is 5.91 Å². The Labute approximate surface area is 155 Å². The van der Waals surface area contributed by atoms with E-state index < -0.39 is 0 Å². The average molecular weight is 369 g/mol. The highest BCUT2D eigenvalue weighted by Gasteiger charge is 2.14. The van der Waals surface area contributed by atoms with E-state index in [2.05, 4.69) is 25.6 Å². The summed E-state index contributed by atoms with van der Waals surface area (Å²) in [4.78, 5) is 25.4. The lowest BCUT2D eigenvalue weighted by molar-refractivity contribution is 0.102. The van der Waals surface area contributed by atoms with Gasteiger partial charge >= 0.3 is 0 Å². The average Bonchev–Trinajstić information content (AvgIpc) is 3.04. The number of hydrogen-bond donors (Lipinski definition) is 2. The van der Waals surface area contributed by atoms with Crippen molar-refractivity contribution in [3.63, 3.8) is 0 Å². The standard InChI is InChI=1S/C18H19N5O2S/c1-4-25-15-8-6-5-7-13(15)21-16(24)14-10-26-18(22-14)23-17-19-11(2)9-12(3)20-17/h5-10H,4H2,1-3H3,(H,21,24)(H,19,20,22,23). The summed E-state index contributed by atoms with van der Waals surface area (Å²) in [6.07, 6.45) is 0. The smallest absolute Gasteiger partial charge is 0.275 e. The monoisotopic (exact) mass is 369 g/mol. The normalized spacial score (nSPS) is 10.4. The van der Waals surface area contributed by atoms with Crippen molar-refractivity contribution in [3.8, 4) is 5.75 Å². The second kappa shape index (κ2) is 7.92. The summed E-state index contributed by atoms with van der Waals surface area (Å²) in [7, 11) is 0. The first kappa shape index (κ1) is 17.8. The Bertz CT molecular complexity index is 905. The van der Waals surface area contributed by atoms with Crippen molar-refractivity contribution in [2.24, 2.45) is 0 Å². The number of para-hydroxylation sites is 2. The lowest BCUT2D eigenvalue weighted by Crippen LogP contribution is -2.13. The molecule has 0 aliphatic carbocycles. The Morgan fingerprint density at radius 3 is 2.62 bits per heavy atom. The van der Waals surface area contributed by atoms with Crippen LogP contribution < -0.4 is 15.4 Å². The molecule has 2 heterocycles. The zero-order chi connectivity index (χ0) is 18.5. The number of aromatic nitrogens is 3. The summed E-state index contributed by atoms with van der Waals surface area (Å²) >= 11 is 1.32. The van der Waals surface area contributed by atoms with E-state index in [9.17, 15) is 4.79 Å². The van der Waals surface area contributed by atoms with E-state index >= 15 is 0 Å². The SMILES string of the molecule is CCOc1ccccc1NC(=O)c1csc(Nc2nc(C)cc(C)n2)n1. The molecule has 0 spiro atoms. The minimum absolute atomic E-state index is 0.303. The predicted molar refractivity (Wildman–Crippen MR) is 102 cm³/mol. The van der Waals surface area contributed by atoms with Crippen molar-refractivity contribution >= 4 is 34.0 Å². The molecule has 3 rings (SSSR count). The Hall–Kier alpha value is -3.00. The lowest BCUT2D eigenvalue weighted by Gasteiger charge is -2.10. The highest BCUT2D eigenvalue weighted by molar-refractivity contribution is 7.14. The van der Waals surface area contributed by atoms with Gasteiger partial charge in [-0.1, -0.05) is 12.1 Å². The Balaban J connectivity index is 1.72. The number of benzene rings is 1. The minimum Gasteiger partial charge on any atom is -0.492 e. The molecule has 0 atom stereocenters. The molecule has 7 nitrogen and oxygen atoms in total. The van der Waals surface area contributed by atoms with Crippen LogP contribution in [0.4, 0.5) is 16.8 Å². The van der Waals surface area contributed by atoms with Gasteiger partial charge in [-0.3, -0.25) is 4.79 Å². The summed E-state index contributed by atoms with van der Waals surface area (Å²) in [6.45, 7) is 6.21. The fraction of sp³-hybridized carbons (Fsp3) is 0.222. The number of anilines is 3. The molecule has 26 heavy (non-hydrogen) atoms. The largest absolute Gasteiger partial charge is 0.492 e. The number of nitrogens with one attached hydrogen (secondary N) is 2. The molecule has 0 saturated carbocycles.